The minimum atomic E-state index is -0.207. The summed E-state index contributed by atoms with van der Waals surface area (Å²) >= 11 is 0. The van der Waals surface area contributed by atoms with E-state index in [1.807, 2.05) is 6.07 Å². The number of hydrogen-bond donors (Lipinski definition) is 1. The topological polar surface area (TPSA) is 26.0 Å². The van der Waals surface area contributed by atoms with Gasteiger partial charge in [-0.25, -0.2) is 4.39 Å². The molecule has 106 valence electrons. The number of halogens is 1. The molecule has 2 rings (SSSR count). The summed E-state index contributed by atoms with van der Waals surface area (Å²) in [5, 5.41) is 0. The van der Waals surface area contributed by atoms with Gasteiger partial charge in [0.2, 0.25) is 0 Å². The first-order valence-corrected chi connectivity index (χ1v) is 7.20. The fourth-order valence-corrected chi connectivity index (χ4v) is 2.34. The van der Waals surface area contributed by atoms with Crippen LogP contribution < -0.4 is 5.73 Å². The van der Waals surface area contributed by atoms with Gasteiger partial charge >= 0.3 is 0 Å². The van der Waals surface area contributed by atoms with Crippen molar-refractivity contribution in [2.24, 2.45) is 5.73 Å². The molecule has 0 aliphatic carbocycles. The van der Waals surface area contributed by atoms with Crippen LogP contribution in [0.25, 0.3) is 0 Å². The molecule has 0 heterocycles. The smallest absolute Gasteiger partial charge is 0.123 e. The van der Waals surface area contributed by atoms with E-state index in [4.69, 9.17) is 5.73 Å². The van der Waals surface area contributed by atoms with Crippen LogP contribution in [0, 0.1) is 5.82 Å². The zero-order chi connectivity index (χ0) is 14.5. The second kappa shape index (κ2) is 6.67. The van der Waals surface area contributed by atoms with Crippen molar-refractivity contribution in [1.82, 2.24) is 0 Å². The first kappa shape index (κ1) is 14.7. The number of rotatable bonds is 5. The predicted molar refractivity (Wildman–Crippen MR) is 82.2 cm³/mol. The van der Waals surface area contributed by atoms with Gasteiger partial charge in [-0.05, 0) is 47.6 Å². The molecule has 0 bridgehead atoms. The van der Waals surface area contributed by atoms with Gasteiger partial charge in [-0.3, -0.25) is 0 Å². The Hall–Kier alpha value is -1.67. The molecule has 0 saturated carbocycles. The van der Waals surface area contributed by atoms with E-state index in [1.54, 1.807) is 12.1 Å². The zero-order valence-electron chi connectivity index (χ0n) is 12.1. The lowest BCUT2D eigenvalue weighted by Crippen LogP contribution is -2.13. The molecule has 2 unspecified atom stereocenters. The van der Waals surface area contributed by atoms with E-state index in [0.717, 1.165) is 17.5 Å². The fourth-order valence-electron chi connectivity index (χ4n) is 2.34. The molecule has 0 fully saturated rings. The zero-order valence-corrected chi connectivity index (χ0v) is 12.1. The molecule has 0 aliphatic rings. The molecular formula is C18H22FN. The molecule has 0 saturated heterocycles. The van der Waals surface area contributed by atoms with Gasteiger partial charge in [0, 0.05) is 6.04 Å². The highest BCUT2D eigenvalue weighted by atomic mass is 19.1. The van der Waals surface area contributed by atoms with Crippen LogP contribution in [0.15, 0.2) is 48.5 Å². The van der Waals surface area contributed by atoms with Crippen molar-refractivity contribution in [3.8, 4) is 0 Å². The third-order valence-corrected chi connectivity index (χ3v) is 3.89. The molecule has 1 nitrogen and oxygen atoms in total. The van der Waals surface area contributed by atoms with Crippen molar-refractivity contribution in [3.05, 3.63) is 71.0 Å². The maximum atomic E-state index is 13.2. The lowest BCUT2D eigenvalue weighted by atomic mass is 9.94. The summed E-state index contributed by atoms with van der Waals surface area (Å²) in [5.74, 6) is 0.366. The van der Waals surface area contributed by atoms with Crippen LogP contribution in [-0.2, 0) is 6.42 Å². The van der Waals surface area contributed by atoms with Crippen LogP contribution >= 0.6 is 0 Å². The van der Waals surface area contributed by atoms with Crippen molar-refractivity contribution < 1.29 is 4.39 Å². The molecule has 2 N–H and O–H groups in total. The molecular weight excluding hydrogens is 249 g/mol. The summed E-state index contributed by atoms with van der Waals surface area (Å²) in [5.41, 5.74) is 9.59. The molecule has 0 amide bonds. The Morgan fingerprint density at radius 2 is 1.70 bits per heavy atom. The van der Waals surface area contributed by atoms with Crippen molar-refractivity contribution in [3.63, 3.8) is 0 Å². The highest BCUT2D eigenvalue weighted by Gasteiger charge is 2.09. The summed E-state index contributed by atoms with van der Waals surface area (Å²) in [6.07, 6.45) is 1.79. The standard InChI is InChI=1S/C18H22FN/c1-3-13(2)15-7-9-16(10-8-15)18(20)12-14-5-4-6-17(19)11-14/h4-11,13,18H,3,12,20H2,1-2H3. The van der Waals surface area contributed by atoms with E-state index in [1.165, 1.54) is 11.6 Å². The van der Waals surface area contributed by atoms with Crippen LogP contribution in [0.1, 0.15) is 48.9 Å². The van der Waals surface area contributed by atoms with Crippen LogP contribution in [0.2, 0.25) is 0 Å². The van der Waals surface area contributed by atoms with E-state index in [0.29, 0.717) is 12.3 Å². The largest absolute Gasteiger partial charge is 0.324 e. The predicted octanol–water partition coefficient (Wildman–Crippen LogP) is 4.58. The lowest BCUT2D eigenvalue weighted by molar-refractivity contribution is 0.622. The number of benzene rings is 2. The van der Waals surface area contributed by atoms with Crippen LogP contribution in [0.4, 0.5) is 4.39 Å². The maximum Gasteiger partial charge on any atom is 0.123 e. The minimum Gasteiger partial charge on any atom is -0.324 e. The third kappa shape index (κ3) is 3.67. The van der Waals surface area contributed by atoms with Crippen LogP contribution in [0.3, 0.4) is 0 Å². The van der Waals surface area contributed by atoms with E-state index in [9.17, 15) is 4.39 Å². The molecule has 20 heavy (non-hydrogen) atoms. The van der Waals surface area contributed by atoms with Crippen molar-refractivity contribution in [2.75, 3.05) is 0 Å². The van der Waals surface area contributed by atoms with Gasteiger partial charge in [0.1, 0.15) is 5.82 Å². The second-order valence-corrected chi connectivity index (χ2v) is 5.42. The van der Waals surface area contributed by atoms with Crippen LogP contribution in [0.5, 0.6) is 0 Å². The Morgan fingerprint density at radius 3 is 2.30 bits per heavy atom. The van der Waals surface area contributed by atoms with Gasteiger partial charge < -0.3 is 5.73 Å². The number of hydrogen-bond acceptors (Lipinski definition) is 1. The maximum absolute atomic E-state index is 13.2. The number of nitrogens with two attached hydrogens (primary N) is 1. The Morgan fingerprint density at radius 1 is 1.05 bits per heavy atom. The Balaban J connectivity index is 2.07. The van der Waals surface area contributed by atoms with Gasteiger partial charge in [-0.1, -0.05) is 50.2 Å². The fraction of sp³-hybridized carbons (Fsp3) is 0.333. The molecule has 2 heteroatoms. The normalized spacial score (nSPS) is 14.0. The highest BCUT2D eigenvalue weighted by molar-refractivity contribution is 5.28. The van der Waals surface area contributed by atoms with Gasteiger partial charge in [0.25, 0.3) is 0 Å². The Labute approximate surface area is 120 Å². The lowest BCUT2D eigenvalue weighted by Gasteiger charge is -2.14. The van der Waals surface area contributed by atoms with E-state index in [2.05, 4.69) is 38.1 Å². The van der Waals surface area contributed by atoms with E-state index < -0.39 is 0 Å². The van der Waals surface area contributed by atoms with Crippen molar-refractivity contribution in [1.29, 1.82) is 0 Å². The van der Waals surface area contributed by atoms with E-state index >= 15 is 0 Å². The second-order valence-electron chi connectivity index (χ2n) is 5.42. The summed E-state index contributed by atoms with van der Waals surface area (Å²) in [4.78, 5) is 0. The quantitative estimate of drug-likeness (QED) is 0.846. The summed E-state index contributed by atoms with van der Waals surface area (Å²) in [6.45, 7) is 4.41. The highest BCUT2D eigenvalue weighted by Crippen LogP contribution is 2.22. The molecule has 2 aromatic rings. The van der Waals surface area contributed by atoms with E-state index in [-0.39, 0.29) is 11.9 Å². The average Bonchev–Trinajstić information content (AvgIpc) is 2.46. The minimum absolute atomic E-state index is 0.0946. The molecule has 0 aliphatic heterocycles. The van der Waals surface area contributed by atoms with Crippen LogP contribution in [-0.4, -0.2) is 0 Å². The van der Waals surface area contributed by atoms with Crippen molar-refractivity contribution in [2.45, 2.75) is 38.6 Å². The van der Waals surface area contributed by atoms with Gasteiger partial charge in [0.15, 0.2) is 0 Å². The van der Waals surface area contributed by atoms with Crippen molar-refractivity contribution >= 4 is 0 Å². The molecule has 0 radical (unpaired) electrons. The summed E-state index contributed by atoms with van der Waals surface area (Å²) < 4.78 is 13.2. The van der Waals surface area contributed by atoms with Gasteiger partial charge in [-0.2, -0.15) is 0 Å². The third-order valence-electron chi connectivity index (χ3n) is 3.89. The van der Waals surface area contributed by atoms with Gasteiger partial charge in [0.05, 0.1) is 0 Å². The first-order valence-electron chi connectivity index (χ1n) is 7.20. The molecule has 2 atom stereocenters. The summed E-state index contributed by atoms with van der Waals surface area (Å²) in [6, 6.07) is 15.0. The molecule has 0 aromatic heterocycles. The Bertz CT molecular complexity index is 548. The molecule has 2 aromatic carbocycles. The molecule has 0 spiro atoms. The first-order chi connectivity index (χ1) is 9.60. The van der Waals surface area contributed by atoms with Gasteiger partial charge in [-0.15, -0.1) is 0 Å². The Kier molecular flexibility index (Phi) is 4.91. The summed E-state index contributed by atoms with van der Waals surface area (Å²) in [7, 11) is 0. The SMILES string of the molecule is CCC(C)c1ccc(C(N)Cc2cccc(F)c2)cc1. The monoisotopic (exact) mass is 271 g/mol. The average molecular weight is 271 g/mol.